The lowest BCUT2D eigenvalue weighted by Crippen LogP contribution is -2.25. The molecule has 1 N–H and O–H groups in total. The van der Waals surface area contributed by atoms with Gasteiger partial charge in [-0.25, -0.2) is 26.7 Å². The van der Waals surface area contributed by atoms with Crippen LogP contribution in [-0.4, -0.2) is 29.3 Å². The van der Waals surface area contributed by atoms with E-state index in [1.165, 1.54) is 31.2 Å². The maximum absolute atomic E-state index is 14.1. The van der Waals surface area contributed by atoms with Gasteiger partial charge in [-0.2, -0.15) is 10.1 Å². The van der Waals surface area contributed by atoms with E-state index in [2.05, 4.69) is 21.0 Å². The Hall–Kier alpha value is -3.28. The summed E-state index contributed by atoms with van der Waals surface area (Å²) < 4.78 is 73.8. The second-order valence-electron chi connectivity index (χ2n) is 6.15. The van der Waals surface area contributed by atoms with Crippen LogP contribution in [0.2, 0.25) is 0 Å². The molecule has 6 nitrogen and oxygen atoms in total. The number of nitrogens with zero attached hydrogens (tertiary/aromatic N) is 2. The van der Waals surface area contributed by atoms with E-state index in [1.54, 1.807) is 0 Å². The number of carbonyl (C=O) groups excluding carboxylic acids is 1. The van der Waals surface area contributed by atoms with Gasteiger partial charge in [0.1, 0.15) is 11.4 Å². The van der Waals surface area contributed by atoms with Crippen LogP contribution in [-0.2, 0) is 9.59 Å². The van der Waals surface area contributed by atoms with E-state index in [1.807, 2.05) is 0 Å². The number of carboxylic acid groups (broad SMARTS) is 1. The molecule has 0 radical (unpaired) electrons. The van der Waals surface area contributed by atoms with E-state index in [9.17, 15) is 31.5 Å². The fourth-order valence-corrected chi connectivity index (χ4v) is 3.16. The Morgan fingerprint density at radius 1 is 1.13 bits per heavy atom. The molecular weight excluding hydrogens is 495 g/mol. The van der Waals surface area contributed by atoms with Crippen LogP contribution in [0.5, 0.6) is 5.75 Å². The predicted octanol–water partition coefficient (Wildman–Crippen LogP) is 4.41. The highest BCUT2D eigenvalue weighted by Crippen LogP contribution is 2.34. The third-order valence-electron chi connectivity index (χ3n) is 4.08. The predicted molar refractivity (Wildman–Crippen MR) is 102 cm³/mol. The summed E-state index contributed by atoms with van der Waals surface area (Å²) in [5.41, 5.74) is -1.29. The number of halogens is 6. The van der Waals surface area contributed by atoms with Gasteiger partial charge >= 0.3 is 5.97 Å². The molecule has 0 atom stereocenters. The van der Waals surface area contributed by atoms with Crippen molar-refractivity contribution >= 4 is 45.3 Å². The lowest BCUT2D eigenvalue weighted by Gasteiger charge is -2.15. The third-order valence-corrected chi connectivity index (χ3v) is 4.70. The lowest BCUT2D eigenvalue weighted by molar-refractivity contribution is -0.139. The van der Waals surface area contributed by atoms with Crippen LogP contribution in [0, 0.1) is 29.1 Å². The number of carboxylic acids is 1. The van der Waals surface area contributed by atoms with E-state index in [-0.39, 0.29) is 22.0 Å². The molecule has 1 amide bonds. The second kappa shape index (κ2) is 8.46. The van der Waals surface area contributed by atoms with Crippen LogP contribution in [0.15, 0.2) is 33.3 Å². The molecule has 0 fully saturated rings. The molecule has 31 heavy (non-hydrogen) atoms. The van der Waals surface area contributed by atoms with Crippen molar-refractivity contribution in [3.63, 3.8) is 0 Å². The Morgan fingerprint density at radius 3 is 2.26 bits per heavy atom. The molecule has 1 heterocycles. The summed E-state index contributed by atoms with van der Waals surface area (Å²) in [7, 11) is 0. The summed E-state index contributed by atoms with van der Waals surface area (Å²) in [6.07, 6.45) is 1.28. The minimum Gasteiger partial charge on any atom is -0.481 e. The summed E-state index contributed by atoms with van der Waals surface area (Å²) in [5.74, 6) is -13.2. The first-order chi connectivity index (χ1) is 14.5. The molecule has 1 aliphatic rings. The number of benzene rings is 2. The minimum absolute atomic E-state index is 0.0312. The summed E-state index contributed by atoms with van der Waals surface area (Å²) >= 11 is 3.18. The number of rotatable bonds is 5. The van der Waals surface area contributed by atoms with Crippen LogP contribution in [0.3, 0.4) is 0 Å². The third kappa shape index (κ3) is 4.15. The number of aliphatic carboxylic acids is 1. The smallest absolute Gasteiger partial charge is 0.341 e. The van der Waals surface area contributed by atoms with Crippen LogP contribution in [0.25, 0.3) is 6.08 Å². The number of hydrazone groups is 1. The van der Waals surface area contributed by atoms with Crippen molar-refractivity contribution in [3.8, 4) is 5.75 Å². The molecule has 2 aromatic carbocycles. The number of amides is 1. The summed E-state index contributed by atoms with van der Waals surface area (Å²) in [5, 5.41) is 12.4. The Bertz CT molecular complexity index is 1150. The van der Waals surface area contributed by atoms with Crippen molar-refractivity contribution in [2.24, 2.45) is 5.10 Å². The number of carbonyl (C=O) groups is 2. The van der Waals surface area contributed by atoms with Gasteiger partial charge in [0.2, 0.25) is 5.82 Å². The maximum Gasteiger partial charge on any atom is 0.341 e. The average Bonchev–Trinajstić information content (AvgIpc) is 2.98. The van der Waals surface area contributed by atoms with Crippen molar-refractivity contribution in [3.05, 3.63) is 62.9 Å². The maximum atomic E-state index is 14.1. The zero-order chi connectivity index (χ0) is 23.0. The monoisotopic (exact) mass is 504 g/mol. The molecule has 3 rings (SSSR count). The van der Waals surface area contributed by atoms with Gasteiger partial charge in [-0.1, -0.05) is 6.07 Å². The zero-order valence-electron chi connectivity index (χ0n) is 15.4. The fraction of sp³-hybridized carbons (Fsp3) is 0.105. The SMILES string of the molecule is CC1=NN(c2c(F)c(F)c(F)c(F)c2F)C(=O)/C1=C/c1ccc(OCC(=O)O)c(Br)c1. The number of hydrogen-bond donors (Lipinski definition) is 1. The van der Waals surface area contributed by atoms with Crippen LogP contribution in [0.4, 0.5) is 27.6 Å². The number of ether oxygens (including phenoxy) is 1. The van der Waals surface area contributed by atoms with Crippen LogP contribution in [0.1, 0.15) is 12.5 Å². The summed E-state index contributed by atoms with van der Waals surface area (Å²) in [4.78, 5) is 23.2. The van der Waals surface area contributed by atoms with Crippen LogP contribution < -0.4 is 9.75 Å². The first-order valence-corrected chi connectivity index (χ1v) is 9.09. The van der Waals surface area contributed by atoms with E-state index >= 15 is 0 Å². The van der Waals surface area contributed by atoms with Crippen molar-refractivity contribution in [1.82, 2.24) is 0 Å². The molecule has 0 unspecified atom stereocenters. The van der Waals surface area contributed by atoms with Crippen molar-refractivity contribution in [2.45, 2.75) is 6.92 Å². The van der Waals surface area contributed by atoms with Crippen molar-refractivity contribution < 1.29 is 41.4 Å². The van der Waals surface area contributed by atoms with Gasteiger partial charge in [0.05, 0.1) is 15.8 Å². The van der Waals surface area contributed by atoms with Crippen LogP contribution >= 0.6 is 15.9 Å². The standard InChI is InChI=1S/C19H10BrF5N2O4/c1-7-9(4-8-2-3-11(10(20)5-8)31-6-12(28)29)19(30)27(26-7)18-16(24)14(22)13(21)15(23)17(18)25/h2-5H,6H2,1H3,(H,28,29)/b9-4+. The van der Waals surface area contributed by atoms with Gasteiger partial charge in [0.25, 0.3) is 5.91 Å². The molecule has 162 valence electrons. The minimum atomic E-state index is -2.35. The summed E-state index contributed by atoms with van der Waals surface area (Å²) in [6, 6.07) is 4.33. The highest BCUT2D eigenvalue weighted by Gasteiger charge is 2.37. The molecule has 0 bridgehead atoms. The van der Waals surface area contributed by atoms with Gasteiger partial charge in [0.15, 0.2) is 29.9 Å². The highest BCUT2D eigenvalue weighted by atomic mass is 79.9. The van der Waals surface area contributed by atoms with Crippen molar-refractivity contribution in [1.29, 1.82) is 0 Å². The van der Waals surface area contributed by atoms with Gasteiger partial charge in [-0.15, -0.1) is 0 Å². The Balaban J connectivity index is 1.97. The van der Waals surface area contributed by atoms with Gasteiger partial charge in [0, 0.05) is 0 Å². The lowest BCUT2D eigenvalue weighted by atomic mass is 10.1. The molecule has 1 aliphatic heterocycles. The van der Waals surface area contributed by atoms with Gasteiger partial charge < -0.3 is 9.84 Å². The normalized spacial score (nSPS) is 14.9. The molecule has 0 aromatic heterocycles. The Labute approximate surface area is 179 Å². The number of hydrogen-bond acceptors (Lipinski definition) is 4. The first kappa shape index (κ1) is 22.4. The topological polar surface area (TPSA) is 79.2 Å². The molecule has 0 aliphatic carbocycles. The summed E-state index contributed by atoms with van der Waals surface area (Å²) in [6.45, 7) is 0.731. The molecule has 12 heteroatoms. The largest absolute Gasteiger partial charge is 0.481 e. The fourth-order valence-electron chi connectivity index (χ4n) is 2.65. The molecule has 0 saturated carbocycles. The highest BCUT2D eigenvalue weighted by molar-refractivity contribution is 9.10. The van der Waals surface area contributed by atoms with E-state index < -0.39 is 53.3 Å². The Kier molecular flexibility index (Phi) is 6.11. The zero-order valence-corrected chi connectivity index (χ0v) is 16.9. The van der Waals surface area contributed by atoms with Crippen molar-refractivity contribution in [2.75, 3.05) is 11.6 Å². The first-order valence-electron chi connectivity index (χ1n) is 8.30. The second-order valence-corrected chi connectivity index (χ2v) is 7.01. The average molecular weight is 505 g/mol. The van der Waals surface area contributed by atoms with E-state index in [0.29, 0.717) is 10.0 Å². The Morgan fingerprint density at radius 2 is 1.71 bits per heavy atom. The van der Waals surface area contributed by atoms with E-state index in [0.717, 1.165) is 0 Å². The molecule has 0 saturated heterocycles. The quantitative estimate of drug-likeness (QED) is 0.283. The van der Waals surface area contributed by atoms with E-state index in [4.69, 9.17) is 9.84 Å². The molecular formula is C19H10BrF5N2O4. The molecule has 2 aromatic rings. The molecule has 0 spiro atoms. The van der Waals surface area contributed by atoms with Gasteiger partial charge in [-0.05, 0) is 46.6 Å². The number of anilines is 1. The van der Waals surface area contributed by atoms with Gasteiger partial charge in [-0.3, -0.25) is 4.79 Å².